The van der Waals surface area contributed by atoms with Crippen molar-refractivity contribution in [3.63, 3.8) is 0 Å². The monoisotopic (exact) mass is 306 g/mol. The van der Waals surface area contributed by atoms with Crippen molar-refractivity contribution < 1.29 is 14.8 Å². The molecular formula is C16H22N2O4. The highest BCUT2D eigenvalue weighted by Gasteiger charge is 2.39. The number of carbonyl (C=O) groups is 1. The van der Waals surface area contributed by atoms with Crippen LogP contribution in [0.1, 0.15) is 49.5 Å². The smallest absolute Gasteiger partial charge is 0.273 e. The summed E-state index contributed by atoms with van der Waals surface area (Å²) >= 11 is 0. The Morgan fingerprint density at radius 2 is 2.18 bits per heavy atom. The molecule has 0 spiro atoms. The maximum atomic E-state index is 12.7. The van der Waals surface area contributed by atoms with Gasteiger partial charge in [-0.25, -0.2) is 0 Å². The van der Waals surface area contributed by atoms with Gasteiger partial charge < -0.3 is 10.0 Å². The molecule has 1 N–H and O–H groups in total. The van der Waals surface area contributed by atoms with Gasteiger partial charge in [-0.1, -0.05) is 13.0 Å². The summed E-state index contributed by atoms with van der Waals surface area (Å²) in [6.07, 6.45) is 2.11. The van der Waals surface area contributed by atoms with Crippen LogP contribution in [0.3, 0.4) is 0 Å². The zero-order chi connectivity index (χ0) is 16.5. The fourth-order valence-electron chi connectivity index (χ4n) is 3.08. The normalized spacial score (nSPS) is 18.5. The first kappa shape index (κ1) is 16.4. The second kappa shape index (κ2) is 6.04. The third-order valence-corrected chi connectivity index (χ3v) is 4.24. The van der Waals surface area contributed by atoms with Gasteiger partial charge in [0.25, 0.3) is 11.6 Å². The molecule has 6 heteroatoms. The van der Waals surface area contributed by atoms with E-state index in [4.69, 9.17) is 0 Å². The van der Waals surface area contributed by atoms with Crippen molar-refractivity contribution in [2.24, 2.45) is 0 Å². The molecule has 1 aliphatic rings. The third kappa shape index (κ3) is 3.11. The Bertz CT molecular complexity index is 592. The van der Waals surface area contributed by atoms with Crippen LogP contribution in [0.4, 0.5) is 5.69 Å². The highest BCUT2D eigenvalue weighted by Crippen LogP contribution is 2.29. The van der Waals surface area contributed by atoms with Gasteiger partial charge in [0, 0.05) is 23.7 Å². The van der Waals surface area contributed by atoms with Gasteiger partial charge in [0.2, 0.25) is 0 Å². The van der Waals surface area contributed by atoms with Crippen molar-refractivity contribution in [2.75, 3.05) is 6.54 Å². The number of carbonyl (C=O) groups excluding carboxylic acids is 1. The lowest BCUT2D eigenvalue weighted by molar-refractivity contribution is -0.385. The summed E-state index contributed by atoms with van der Waals surface area (Å²) in [5.74, 6) is -0.254. The molecule has 1 aromatic carbocycles. The number of rotatable bonds is 4. The number of amides is 1. The van der Waals surface area contributed by atoms with Gasteiger partial charge in [0.05, 0.1) is 16.6 Å². The lowest BCUT2D eigenvalue weighted by Crippen LogP contribution is -2.48. The summed E-state index contributed by atoms with van der Waals surface area (Å²) in [5, 5.41) is 21.3. The summed E-state index contributed by atoms with van der Waals surface area (Å²) in [7, 11) is 0. The molecule has 1 aromatic rings. The number of aliphatic hydroxyl groups is 1. The number of likely N-dealkylation sites (tertiary alicyclic amines) is 1. The first-order chi connectivity index (χ1) is 10.3. The number of nitro benzene ring substituents is 1. The predicted molar refractivity (Wildman–Crippen MR) is 82.8 cm³/mol. The van der Waals surface area contributed by atoms with Crippen LogP contribution in [-0.4, -0.2) is 39.0 Å². The molecule has 1 aliphatic heterocycles. The molecule has 1 saturated heterocycles. The SMILES string of the molecule is CCc1ccc(C(=O)N2CCCC2C(C)(C)O)cc1[N+](=O)[O-]. The molecule has 1 heterocycles. The van der Waals surface area contributed by atoms with E-state index in [0.717, 1.165) is 12.8 Å². The molecule has 0 saturated carbocycles. The molecule has 22 heavy (non-hydrogen) atoms. The minimum absolute atomic E-state index is 0.0210. The Hall–Kier alpha value is -1.95. The zero-order valence-corrected chi connectivity index (χ0v) is 13.2. The number of benzene rings is 1. The molecule has 0 aliphatic carbocycles. The van der Waals surface area contributed by atoms with Crippen LogP contribution in [0.15, 0.2) is 18.2 Å². The van der Waals surface area contributed by atoms with E-state index in [1.807, 2.05) is 6.92 Å². The quantitative estimate of drug-likeness (QED) is 0.684. The van der Waals surface area contributed by atoms with Crippen molar-refractivity contribution >= 4 is 11.6 Å². The first-order valence-electron chi connectivity index (χ1n) is 7.56. The second-order valence-corrected chi connectivity index (χ2v) is 6.26. The van der Waals surface area contributed by atoms with Crippen molar-refractivity contribution in [3.8, 4) is 0 Å². The Balaban J connectivity index is 2.33. The van der Waals surface area contributed by atoms with Gasteiger partial charge in [-0.2, -0.15) is 0 Å². The molecule has 0 bridgehead atoms. The van der Waals surface area contributed by atoms with Gasteiger partial charge in [-0.3, -0.25) is 14.9 Å². The van der Waals surface area contributed by atoms with Crippen LogP contribution in [-0.2, 0) is 6.42 Å². The summed E-state index contributed by atoms with van der Waals surface area (Å²) in [6, 6.07) is 4.36. The fourth-order valence-corrected chi connectivity index (χ4v) is 3.08. The predicted octanol–water partition coefficient (Wildman–Crippen LogP) is 2.53. The molecule has 0 aromatic heterocycles. The van der Waals surface area contributed by atoms with Crippen LogP contribution in [0, 0.1) is 10.1 Å². The highest BCUT2D eigenvalue weighted by molar-refractivity contribution is 5.95. The third-order valence-electron chi connectivity index (χ3n) is 4.24. The first-order valence-corrected chi connectivity index (χ1v) is 7.56. The topological polar surface area (TPSA) is 83.7 Å². The maximum absolute atomic E-state index is 12.7. The molecule has 1 atom stereocenters. The van der Waals surface area contributed by atoms with Crippen molar-refractivity contribution in [2.45, 2.75) is 51.7 Å². The molecule has 1 fully saturated rings. The molecule has 1 amide bonds. The van der Waals surface area contributed by atoms with Crippen LogP contribution >= 0.6 is 0 Å². The van der Waals surface area contributed by atoms with Gasteiger partial charge in [0.1, 0.15) is 0 Å². The zero-order valence-electron chi connectivity index (χ0n) is 13.2. The maximum Gasteiger partial charge on any atom is 0.273 e. The minimum Gasteiger partial charge on any atom is -0.388 e. The van der Waals surface area contributed by atoms with Crippen molar-refractivity contribution in [1.82, 2.24) is 4.90 Å². The van der Waals surface area contributed by atoms with Crippen molar-refractivity contribution in [3.05, 3.63) is 39.4 Å². The Kier molecular flexibility index (Phi) is 4.51. The average molecular weight is 306 g/mol. The van der Waals surface area contributed by atoms with E-state index in [9.17, 15) is 20.0 Å². The molecule has 0 radical (unpaired) electrons. The van der Waals surface area contributed by atoms with Gasteiger partial charge in [-0.15, -0.1) is 0 Å². The average Bonchev–Trinajstić information content (AvgIpc) is 2.95. The molecular weight excluding hydrogens is 284 g/mol. The van der Waals surface area contributed by atoms with Gasteiger partial charge >= 0.3 is 0 Å². The molecule has 2 rings (SSSR count). The van der Waals surface area contributed by atoms with E-state index < -0.39 is 10.5 Å². The second-order valence-electron chi connectivity index (χ2n) is 6.26. The Morgan fingerprint density at radius 3 is 2.73 bits per heavy atom. The highest BCUT2D eigenvalue weighted by atomic mass is 16.6. The van der Waals surface area contributed by atoms with Gasteiger partial charge in [0.15, 0.2) is 0 Å². The van der Waals surface area contributed by atoms with E-state index in [-0.39, 0.29) is 17.6 Å². The Morgan fingerprint density at radius 1 is 1.50 bits per heavy atom. The Labute approximate surface area is 129 Å². The van der Waals surface area contributed by atoms with Crippen LogP contribution in [0.5, 0.6) is 0 Å². The number of aryl methyl sites for hydroxylation is 1. The van der Waals surface area contributed by atoms with Crippen LogP contribution in [0.2, 0.25) is 0 Å². The summed E-state index contributed by atoms with van der Waals surface area (Å²) in [6.45, 7) is 5.78. The minimum atomic E-state index is -0.985. The number of nitrogens with zero attached hydrogens (tertiary/aromatic N) is 2. The molecule has 1 unspecified atom stereocenters. The van der Waals surface area contributed by atoms with E-state index in [1.165, 1.54) is 6.07 Å². The van der Waals surface area contributed by atoms with E-state index in [1.54, 1.807) is 30.9 Å². The van der Waals surface area contributed by atoms with E-state index in [2.05, 4.69) is 0 Å². The summed E-state index contributed by atoms with van der Waals surface area (Å²) in [4.78, 5) is 25.0. The molecule has 6 nitrogen and oxygen atoms in total. The fraction of sp³-hybridized carbons (Fsp3) is 0.562. The van der Waals surface area contributed by atoms with E-state index >= 15 is 0 Å². The van der Waals surface area contributed by atoms with Crippen molar-refractivity contribution in [1.29, 1.82) is 0 Å². The number of hydrogen-bond acceptors (Lipinski definition) is 4. The lowest BCUT2D eigenvalue weighted by Gasteiger charge is -2.33. The summed E-state index contributed by atoms with van der Waals surface area (Å²) < 4.78 is 0. The lowest BCUT2D eigenvalue weighted by atomic mass is 9.96. The molecule has 120 valence electrons. The van der Waals surface area contributed by atoms with E-state index in [0.29, 0.717) is 24.1 Å². The summed E-state index contributed by atoms with van der Waals surface area (Å²) in [5.41, 5.74) is -0.0871. The largest absolute Gasteiger partial charge is 0.388 e. The number of hydrogen-bond donors (Lipinski definition) is 1. The standard InChI is InChI=1S/C16H22N2O4/c1-4-11-7-8-12(10-13(11)18(21)22)15(19)17-9-5-6-14(17)16(2,3)20/h7-8,10,14,20H,4-6,9H2,1-3H3. The van der Waals surface area contributed by atoms with Crippen LogP contribution in [0.25, 0.3) is 0 Å². The number of nitro groups is 1. The van der Waals surface area contributed by atoms with Gasteiger partial charge in [-0.05, 0) is 39.2 Å². The van der Waals surface area contributed by atoms with Crippen LogP contribution < -0.4 is 0 Å².